The zero-order chi connectivity index (χ0) is 14.4. The number of rotatable bonds is 6. The molecule has 0 aliphatic carbocycles. The summed E-state index contributed by atoms with van der Waals surface area (Å²) in [6, 6.07) is 0. The van der Waals surface area contributed by atoms with Crippen molar-refractivity contribution in [3.8, 4) is 5.88 Å². The van der Waals surface area contributed by atoms with Crippen LogP contribution in [0.5, 0.6) is 5.88 Å². The summed E-state index contributed by atoms with van der Waals surface area (Å²) in [6.45, 7) is 4.24. The molecule has 1 rings (SSSR count). The first-order valence-corrected chi connectivity index (χ1v) is 6.32. The summed E-state index contributed by atoms with van der Waals surface area (Å²) < 4.78 is 1.01. The van der Waals surface area contributed by atoms with Gasteiger partial charge in [0.2, 0.25) is 11.8 Å². The lowest BCUT2D eigenvalue weighted by Crippen LogP contribution is -2.34. The quantitative estimate of drug-likeness (QED) is 0.660. The molecular weight excluding hydrogens is 250 g/mol. The average molecular weight is 269 g/mol. The van der Waals surface area contributed by atoms with Gasteiger partial charge in [-0.05, 0) is 12.8 Å². The van der Waals surface area contributed by atoms with Crippen molar-refractivity contribution in [3.63, 3.8) is 0 Å². The fourth-order valence-corrected chi connectivity index (χ4v) is 1.69. The minimum atomic E-state index is -0.706. The Bertz CT molecular complexity index is 559. The highest BCUT2D eigenvalue weighted by molar-refractivity contribution is 5.75. The van der Waals surface area contributed by atoms with E-state index in [0.717, 1.165) is 11.0 Å². The number of aromatic amines is 1. The largest absolute Gasteiger partial charge is 0.494 e. The van der Waals surface area contributed by atoms with E-state index in [0.29, 0.717) is 13.0 Å². The van der Waals surface area contributed by atoms with E-state index in [2.05, 4.69) is 10.3 Å². The molecule has 3 N–H and O–H groups in total. The number of aromatic hydroxyl groups is 1. The molecule has 0 radical (unpaired) electrons. The summed E-state index contributed by atoms with van der Waals surface area (Å²) in [5.74, 6) is -0.558. The summed E-state index contributed by atoms with van der Waals surface area (Å²) >= 11 is 0. The Labute approximate surface area is 110 Å². The van der Waals surface area contributed by atoms with Gasteiger partial charge in [-0.1, -0.05) is 13.8 Å². The van der Waals surface area contributed by atoms with Crippen molar-refractivity contribution in [2.75, 3.05) is 6.54 Å². The molecule has 106 valence electrons. The molecule has 7 nitrogen and oxygen atoms in total. The van der Waals surface area contributed by atoms with Gasteiger partial charge in [0.1, 0.15) is 0 Å². The predicted molar refractivity (Wildman–Crippen MR) is 70.3 cm³/mol. The van der Waals surface area contributed by atoms with Crippen LogP contribution < -0.4 is 16.6 Å². The zero-order valence-corrected chi connectivity index (χ0v) is 11.2. The third kappa shape index (κ3) is 3.70. The average Bonchev–Trinajstić information content (AvgIpc) is 2.36. The molecule has 7 heteroatoms. The highest BCUT2D eigenvalue weighted by Crippen LogP contribution is 2.10. The molecule has 19 heavy (non-hydrogen) atoms. The Morgan fingerprint density at radius 2 is 2.05 bits per heavy atom. The van der Waals surface area contributed by atoms with E-state index in [9.17, 15) is 19.5 Å². The van der Waals surface area contributed by atoms with Gasteiger partial charge < -0.3 is 10.4 Å². The summed E-state index contributed by atoms with van der Waals surface area (Å²) in [6.07, 6.45) is 1.21. The number of carbonyl (C=O) groups excluding carboxylic acids is 1. The van der Waals surface area contributed by atoms with E-state index in [1.54, 1.807) is 6.92 Å². The Balaban J connectivity index is 2.87. The first kappa shape index (κ1) is 15.0. The van der Waals surface area contributed by atoms with Gasteiger partial charge in [-0.25, -0.2) is 4.79 Å². The van der Waals surface area contributed by atoms with E-state index < -0.39 is 11.2 Å². The minimum absolute atomic E-state index is 0.0317. The Kier molecular flexibility index (Phi) is 5.35. The van der Waals surface area contributed by atoms with Crippen LogP contribution >= 0.6 is 0 Å². The molecule has 0 aliphatic heterocycles. The predicted octanol–water partition coefficient (Wildman–Crippen LogP) is -0.279. The van der Waals surface area contributed by atoms with Crippen LogP contribution in [0.1, 0.15) is 32.3 Å². The first-order valence-electron chi connectivity index (χ1n) is 6.32. The van der Waals surface area contributed by atoms with Gasteiger partial charge in [0.15, 0.2) is 0 Å². The lowest BCUT2D eigenvalue weighted by atomic mass is 10.2. The summed E-state index contributed by atoms with van der Waals surface area (Å²) in [5, 5.41) is 12.5. The monoisotopic (exact) mass is 269 g/mol. The second-order valence-electron chi connectivity index (χ2n) is 4.17. The zero-order valence-electron chi connectivity index (χ0n) is 11.2. The summed E-state index contributed by atoms with van der Waals surface area (Å²) in [4.78, 5) is 36.6. The number of amides is 1. The van der Waals surface area contributed by atoms with Gasteiger partial charge in [-0.2, -0.15) is 0 Å². The van der Waals surface area contributed by atoms with Gasteiger partial charge in [-0.3, -0.25) is 19.1 Å². The number of hydrogen-bond donors (Lipinski definition) is 3. The molecule has 0 atom stereocenters. The number of nitrogens with zero attached hydrogens (tertiary/aromatic N) is 1. The van der Waals surface area contributed by atoms with E-state index in [-0.39, 0.29) is 30.3 Å². The van der Waals surface area contributed by atoms with Crippen LogP contribution in [-0.2, 0) is 17.8 Å². The van der Waals surface area contributed by atoms with Gasteiger partial charge in [0.25, 0.3) is 5.56 Å². The summed E-state index contributed by atoms with van der Waals surface area (Å²) in [5.41, 5.74) is -1.15. The Morgan fingerprint density at radius 3 is 2.63 bits per heavy atom. The van der Waals surface area contributed by atoms with Crippen molar-refractivity contribution in [3.05, 3.63) is 26.4 Å². The minimum Gasteiger partial charge on any atom is -0.494 e. The van der Waals surface area contributed by atoms with Crippen molar-refractivity contribution >= 4 is 5.91 Å². The number of nitrogens with one attached hydrogen (secondary N) is 2. The second-order valence-corrected chi connectivity index (χ2v) is 4.17. The van der Waals surface area contributed by atoms with Crippen molar-refractivity contribution in [2.45, 2.75) is 39.7 Å². The third-order valence-corrected chi connectivity index (χ3v) is 2.75. The molecule has 0 bridgehead atoms. The van der Waals surface area contributed by atoms with Crippen LogP contribution in [0.25, 0.3) is 0 Å². The molecule has 0 spiro atoms. The standard InChI is InChI=1S/C12H19N3O4/c1-3-6-13-9(16)5-7-15-11(18)8(4-2)10(17)14-12(15)19/h18H,3-7H2,1-2H3,(H,13,16)(H,14,17,19). The molecule has 0 saturated heterocycles. The highest BCUT2D eigenvalue weighted by Gasteiger charge is 2.13. The smallest absolute Gasteiger partial charge is 0.331 e. The molecule has 0 saturated carbocycles. The van der Waals surface area contributed by atoms with Crippen LogP contribution in [0.3, 0.4) is 0 Å². The van der Waals surface area contributed by atoms with Gasteiger partial charge >= 0.3 is 5.69 Å². The third-order valence-electron chi connectivity index (χ3n) is 2.75. The van der Waals surface area contributed by atoms with Crippen LogP contribution in [0.4, 0.5) is 0 Å². The lowest BCUT2D eigenvalue weighted by Gasteiger charge is -2.10. The molecule has 1 aromatic heterocycles. The molecule has 0 unspecified atom stereocenters. The van der Waals surface area contributed by atoms with Crippen molar-refractivity contribution in [2.24, 2.45) is 0 Å². The van der Waals surface area contributed by atoms with Crippen LogP contribution in [-0.4, -0.2) is 27.1 Å². The molecule has 1 heterocycles. The maximum atomic E-state index is 11.6. The number of carbonyl (C=O) groups is 1. The maximum Gasteiger partial charge on any atom is 0.331 e. The van der Waals surface area contributed by atoms with Crippen molar-refractivity contribution < 1.29 is 9.90 Å². The van der Waals surface area contributed by atoms with Crippen molar-refractivity contribution in [1.29, 1.82) is 0 Å². The fourth-order valence-electron chi connectivity index (χ4n) is 1.69. The van der Waals surface area contributed by atoms with Crippen LogP contribution in [0, 0.1) is 0 Å². The van der Waals surface area contributed by atoms with Gasteiger partial charge in [0, 0.05) is 19.5 Å². The van der Waals surface area contributed by atoms with Crippen LogP contribution in [0.2, 0.25) is 0 Å². The van der Waals surface area contributed by atoms with Crippen LogP contribution in [0.15, 0.2) is 9.59 Å². The molecule has 0 aliphatic rings. The Hall–Kier alpha value is -2.05. The van der Waals surface area contributed by atoms with E-state index in [1.165, 1.54) is 0 Å². The Morgan fingerprint density at radius 1 is 1.37 bits per heavy atom. The number of aromatic nitrogens is 2. The SMILES string of the molecule is CCCNC(=O)CCn1c(O)c(CC)c(=O)[nH]c1=O. The molecular formula is C12H19N3O4. The number of H-pyrrole nitrogens is 1. The topological polar surface area (TPSA) is 104 Å². The first-order chi connectivity index (χ1) is 9.01. The molecule has 1 aromatic rings. The highest BCUT2D eigenvalue weighted by atomic mass is 16.3. The lowest BCUT2D eigenvalue weighted by molar-refractivity contribution is -0.121. The van der Waals surface area contributed by atoms with Crippen molar-refractivity contribution in [1.82, 2.24) is 14.9 Å². The molecule has 1 amide bonds. The fraction of sp³-hybridized carbons (Fsp3) is 0.583. The summed E-state index contributed by atoms with van der Waals surface area (Å²) in [7, 11) is 0. The second kappa shape index (κ2) is 6.77. The molecule has 0 fully saturated rings. The normalized spacial score (nSPS) is 10.4. The van der Waals surface area contributed by atoms with Gasteiger partial charge in [-0.15, -0.1) is 0 Å². The number of hydrogen-bond acceptors (Lipinski definition) is 4. The van der Waals surface area contributed by atoms with E-state index in [4.69, 9.17) is 0 Å². The van der Waals surface area contributed by atoms with E-state index >= 15 is 0 Å². The molecule has 0 aromatic carbocycles. The maximum absolute atomic E-state index is 11.6. The van der Waals surface area contributed by atoms with Gasteiger partial charge in [0.05, 0.1) is 5.56 Å². The van der Waals surface area contributed by atoms with E-state index in [1.807, 2.05) is 6.92 Å².